The van der Waals surface area contributed by atoms with Crippen LogP contribution in [0, 0.1) is 5.92 Å². The number of aliphatic hydroxyl groups excluding tert-OH is 1. The molecule has 0 bridgehead atoms. The van der Waals surface area contributed by atoms with Crippen molar-refractivity contribution in [3.05, 3.63) is 29.8 Å². The zero-order chi connectivity index (χ0) is 15.9. The van der Waals surface area contributed by atoms with Crippen LogP contribution in [0.2, 0.25) is 0 Å². The van der Waals surface area contributed by atoms with Crippen LogP contribution < -0.4 is 10.6 Å². The fourth-order valence-electron chi connectivity index (χ4n) is 2.21. The van der Waals surface area contributed by atoms with Crippen molar-refractivity contribution < 1.29 is 14.7 Å². The monoisotopic (exact) mass is 304 g/mol. The molecule has 2 amide bonds. The van der Waals surface area contributed by atoms with Gasteiger partial charge in [-0.1, -0.05) is 25.5 Å². The van der Waals surface area contributed by atoms with Gasteiger partial charge in [0.15, 0.2) is 0 Å². The minimum atomic E-state index is -0.478. The van der Waals surface area contributed by atoms with Gasteiger partial charge in [-0.15, -0.1) is 0 Å². The molecule has 3 N–H and O–H groups in total. The maximum atomic E-state index is 11.8. The molecule has 1 atom stereocenters. The van der Waals surface area contributed by atoms with Gasteiger partial charge in [0.25, 0.3) is 0 Å². The van der Waals surface area contributed by atoms with Gasteiger partial charge in [-0.2, -0.15) is 0 Å². The van der Waals surface area contributed by atoms with Gasteiger partial charge in [0.2, 0.25) is 11.8 Å². The maximum absolute atomic E-state index is 11.8. The van der Waals surface area contributed by atoms with Crippen LogP contribution in [0.25, 0.3) is 0 Å². The third kappa shape index (κ3) is 5.48. The lowest BCUT2D eigenvalue weighted by Crippen LogP contribution is -2.33. The normalized spacial score (nSPS) is 15.2. The van der Waals surface area contributed by atoms with Crippen molar-refractivity contribution in [2.75, 3.05) is 11.9 Å². The van der Waals surface area contributed by atoms with Crippen molar-refractivity contribution in [3.8, 4) is 0 Å². The van der Waals surface area contributed by atoms with Crippen LogP contribution in [-0.4, -0.2) is 29.6 Å². The summed E-state index contributed by atoms with van der Waals surface area (Å²) in [5.41, 5.74) is 1.64. The Morgan fingerprint density at radius 1 is 1.27 bits per heavy atom. The Morgan fingerprint density at radius 2 is 1.95 bits per heavy atom. The molecular weight excluding hydrogens is 280 g/mol. The molecular formula is C17H24N2O3. The number of nitrogens with one attached hydrogen (secondary N) is 2. The quantitative estimate of drug-likeness (QED) is 0.686. The number of hydrogen-bond acceptors (Lipinski definition) is 3. The Bertz CT molecular complexity index is 509. The summed E-state index contributed by atoms with van der Waals surface area (Å²) >= 11 is 0. The molecule has 1 aromatic carbocycles. The lowest BCUT2D eigenvalue weighted by molar-refractivity contribution is -0.121. The molecule has 2 rings (SSSR count). The third-order valence-corrected chi connectivity index (χ3v) is 3.69. The number of carbonyl (C=O) groups excluding carboxylic acids is 2. The summed E-state index contributed by atoms with van der Waals surface area (Å²) in [5.74, 6) is 0.153. The average molecular weight is 304 g/mol. The van der Waals surface area contributed by atoms with Crippen molar-refractivity contribution in [3.63, 3.8) is 0 Å². The number of amides is 2. The van der Waals surface area contributed by atoms with Crippen LogP contribution >= 0.6 is 0 Å². The second kappa shape index (κ2) is 7.94. The molecule has 22 heavy (non-hydrogen) atoms. The number of rotatable bonds is 8. The van der Waals surface area contributed by atoms with Gasteiger partial charge >= 0.3 is 0 Å². The van der Waals surface area contributed by atoms with Crippen molar-refractivity contribution >= 4 is 17.5 Å². The predicted octanol–water partition coefficient (Wildman–Crippen LogP) is 1.85. The Morgan fingerprint density at radius 3 is 2.55 bits per heavy atom. The van der Waals surface area contributed by atoms with E-state index in [4.69, 9.17) is 0 Å². The molecule has 0 heterocycles. The summed E-state index contributed by atoms with van der Waals surface area (Å²) in [4.78, 5) is 23.4. The summed E-state index contributed by atoms with van der Waals surface area (Å²) in [7, 11) is 0. The molecule has 0 radical (unpaired) electrons. The van der Waals surface area contributed by atoms with E-state index in [9.17, 15) is 14.7 Å². The highest BCUT2D eigenvalue weighted by Crippen LogP contribution is 2.30. The molecule has 1 aliphatic rings. The van der Waals surface area contributed by atoms with Crippen molar-refractivity contribution in [2.24, 2.45) is 5.92 Å². The number of hydrogen-bond donors (Lipinski definition) is 3. The average Bonchev–Trinajstić information content (AvgIpc) is 3.32. The Hall–Kier alpha value is -1.88. The van der Waals surface area contributed by atoms with Gasteiger partial charge in [0, 0.05) is 18.2 Å². The van der Waals surface area contributed by atoms with E-state index < -0.39 is 6.10 Å². The molecule has 1 fully saturated rings. The topological polar surface area (TPSA) is 78.4 Å². The van der Waals surface area contributed by atoms with Gasteiger partial charge in [-0.25, -0.2) is 0 Å². The van der Waals surface area contributed by atoms with E-state index in [1.807, 2.05) is 31.2 Å². The highest BCUT2D eigenvalue weighted by molar-refractivity contribution is 5.94. The fraction of sp³-hybridized carbons (Fsp3) is 0.529. The largest absolute Gasteiger partial charge is 0.391 e. The maximum Gasteiger partial charge on any atom is 0.227 e. The molecule has 0 spiro atoms. The van der Waals surface area contributed by atoms with E-state index >= 15 is 0 Å². The van der Waals surface area contributed by atoms with E-state index in [1.165, 1.54) is 0 Å². The van der Waals surface area contributed by atoms with Gasteiger partial charge in [0.1, 0.15) is 0 Å². The van der Waals surface area contributed by atoms with Gasteiger partial charge in [-0.05, 0) is 37.0 Å². The van der Waals surface area contributed by atoms with E-state index in [1.54, 1.807) is 0 Å². The summed E-state index contributed by atoms with van der Waals surface area (Å²) < 4.78 is 0. The highest BCUT2D eigenvalue weighted by atomic mass is 16.3. The van der Waals surface area contributed by atoms with Crippen LogP contribution in [0.1, 0.15) is 38.2 Å². The summed E-state index contributed by atoms with van der Waals surface area (Å²) in [6.45, 7) is 2.29. The molecule has 1 unspecified atom stereocenters. The third-order valence-electron chi connectivity index (χ3n) is 3.69. The number of benzene rings is 1. The smallest absolute Gasteiger partial charge is 0.227 e. The van der Waals surface area contributed by atoms with Crippen LogP contribution in [-0.2, 0) is 16.0 Å². The van der Waals surface area contributed by atoms with E-state index in [-0.39, 0.29) is 24.2 Å². The molecule has 0 aromatic heterocycles. The van der Waals surface area contributed by atoms with Crippen LogP contribution in [0.4, 0.5) is 5.69 Å². The molecule has 5 nitrogen and oxygen atoms in total. The first-order valence-corrected chi connectivity index (χ1v) is 7.93. The molecule has 1 aliphatic carbocycles. The minimum absolute atomic E-state index is 0.0791. The lowest BCUT2D eigenvalue weighted by Gasteiger charge is -2.11. The molecule has 120 valence electrons. The standard InChI is InChI=1S/C17H24N2O3/c1-2-3-15(20)11-18-16(21)10-12-4-8-14(9-5-12)19-17(22)13-6-7-13/h4-5,8-9,13,15,20H,2-3,6-7,10-11H2,1H3,(H,18,21)(H,19,22). The van der Waals surface area contributed by atoms with Crippen molar-refractivity contribution in [1.82, 2.24) is 5.32 Å². The Labute approximate surface area is 131 Å². The summed E-state index contributed by atoms with van der Waals surface area (Å²) in [6, 6.07) is 7.30. The summed E-state index contributed by atoms with van der Waals surface area (Å²) in [5, 5.41) is 15.2. The first-order chi connectivity index (χ1) is 10.6. The van der Waals surface area contributed by atoms with Crippen LogP contribution in [0.5, 0.6) is 0 Å². The Kier molecular flexibility index (Phi) is 5.95. The first-order valence-electron chi connectivity index (χ1n) is 7.93. The Balaban J connectivity index is 1.75. The van der Waals surface area contributed by atoms with Crippen LogP contribution in [0.15, 0.2) is 24.3 Å². The molecule has 5 heteroatoms. The fourth-order valence-corrected chi connectivity index (χ4v) is 2.21. The lowest BCUT2D eigenvalue weighted by atomic mass is 10.1. The van der Waals surface area contributed by atoms with Gasteiger partial charge in [0.05, 0.1) is 12.5 Å². The molecule has 1 aromatic rings. The molecule has 0 saturated heterocycles. The number of anilines is 1. The second-order valence-corrected chi connectivity index (χ2v) is 5.88. The minimum Gasteiger partial charge on any atom is -0.391 e. The zero-order valence-corrected chi connectivity index (χ0v) is 13.0. The van der Waals surface area contributed by atoms with E-state index in [0.717, 1.165) is 30.5 Å². The van der Waals surface area contributed by atoms with Crippen molar-refractivity contribution in [1.29, 1.82) is 0 Å². The van der Waals surface area contributed by atoms with Crippen molar-refractivity contribution in [2.45, 2.75) is 45.1 Å². The van der Waals surface area contributed by atoms with Crippen LogP contribution in [0.3, 0.4) is 0 Å². The van der Waals surface area contributed by atoms with Gasteiger partial charge < -0.3 is 15.7 Å². The second-order valence-electron chi connectivity index (χ2n) is 5.88. The van der Waals surface area contributed by atoms with E-state index in [2.05, 4.69) is 10.6 Å². The zero-order valence-electron chi connectivity index (χ0n) is 13.0. The van der Waals surface area contributed by atoms with Gasteiger partial charge in [-0.3, -0.25) is 9.59 Å². The molecule has 0 aliphatic heterocycles. The first kappa shape index (κ1) is 16.5. The highest BCUT2D eigenvalue weighted by Gasteiger charge is 2.29. The van der Waals surface area contributed by atoms with E-state index in [0.29, 0.717) is 13.0 Å². The number of carbonyl (C=O) groups is 2. The molecule has 1 saturated carbocycles. The SMILES string of the molecule is CCCC(O)CNC(=O)Cc1ccc(NC(=O)C2CC2)cc1. The summed E-state index contributed by atoms with van der Waals surface area (Å²) in [6.07, 6.45) is 3.34. The number of aliphatic hydroxyl groups is 1. The predicted molar refractivity (Wildman–Crippen MR) is 85.4 cm³/mol.